The van der Waals surface area contributed by atoms with E-state index in [4.69, 9.17) is 10.00 Å². The van der Waals surface area contributed by atoms with E-state index in [1.807, 2.05) is 6.07 Å². The van der Waals surface area contributed by atoms with Gasteiger partial charge in [0.25, 0.3) is 0 Å². The monoisotopic (exact) mass is 257 g/mol. The van der Waals surface area contributed by atoms with Crippen molar-refractivity contribution in [1.82, 2.24) is 5.32 Å². The van der Waals surface area contributed by atoms with Gasteiger partial charge in [0.2, 0.25) is 0 Å². The van der Waals surface area contributed by atoms with Gasteiger partial charge in [-0.3, -0.25) is 0 Å². The highest BCUT2D eigenvalue weighted by Gasteiger charge is 2.52. The van der Waals surface area contributed by atoms with Gasteiger partial charge in [0.05, 0.1) is 18.2 Å². The lowest BCUT2D eigenvalue weighted by Gasteiger charge is -2.07. The number of ether oxygens (including phenoxy) is 1. The fourth-order valence-electron chi connectivity index (χ4n) is 2.70. The quantitative estimate of drug-likeness (QED) is 0.847. The second-order valence-electron chi connectivity index (χ2n) is 5.01. The summed E-state index contributed by atoms with van der Waals surface area (Å²) in [6, 6.07) is 8.95. The highest BCUT2D eigenvalue weighted by atomic mass is 16.5. The summed E-state index contributed by atoms with van der Waals surface area (Å²) in [6.07, 6.45) is 1.03. The van der Waals surface area contributed by atoms with Crippen molar-refractivity contribution in [3.8, 4) is 6.07 Å². The number of hydrogen-bond donors (Lipinski definition) is 2. The highest BCUT2D eigenvalue weighted by molar-refractivity contribution is 5.89. The summed E-state index contributed by atoms with van der Waals surface area (Å²) in [5.74, 6) is 1.05. The fraction of sp³-hybridized carbons (Fsp3) is 0.429. The summed E-state index contributed by atoms with van der Waals surface area (Å²) < 4.78 is 5.38. The summed E-state index contributed by atoms with van der Waals surface area (Å²) in [6.45, 7) is 1.55. The smallest absolute Gasteiger partial charge is 0.319 e. The lowest BCUT2D eigenvalue weighted by atomic mass is 10.2. The van der Waals surface area contributed by atoms with Crippen LogP contribution in [0.4, 0.5) is 10.5 Å². The molecule has 0 spiro atoms. The van der Waals surface area contributed by atoms with Gasteiger partial charge in [-0.1, -0.05) is 6.07 Å². The number of rotatable bonds is 2. The van der Waals surface area contributed by atoms with Gasteiger partial charge in [0, 0.05) is 24.3 Å². The third kappa shape index (κ3) is 2.54. The van der Waals surface area contributed by atoms with Gasteiger partial charge >= 0.3 is 6.03 Å². The minimum absolute atomic E-state index is 0.213. The van der Waals surface area contributed by atoms with Crippen LogP contribution in [0.2, 0.25) is 0 Å². The number of benzene rings is 1. The number of nitrogens with zero attached hydrogens (tertiary/aromatic N) is 1. The topological polar surface area (TPSA) is 74.2 Å². The average Bonchev–Trinajstić information content (AvgIpc) is 3.12. The summed E-state index contributed by atoms with van der Waals surface area (Å²) in [5.41, 5.74) is 1.17. The average molecular weight is 257 g/mol. The van der Waals surface area contributed by atoms with Gasteiger partial charge in [-0.05, 0) is 30.5 Å². The third-order valence-corrected chi connectivity index (χ3v) is 3.78. The Morgan fingerprint density at radius 3 is 3.05 bits per heavy atom. The van der Waals surface area contributed by atoms with Crippen LogP contribution >= 0.6 is 0 Å². The van der Waals surface area contributed by atoms with Gasteiger partial charge < -0.3 is 15.4 Å². The van der Waals surface area contributed by atoms with Crippen LogP contribution in [0.25, 0.3) is 0 Å². The Balaban J connectivity index is 1.55. The molecule has 1 heterocycles. The molecule has 2 N–H and O–H groups in total. The van der Waals surface area contributed by atoms with E-state index in [0.717, 1.165) is 19.6 Å². The molecule has 0 bridgehead atoms. The minimum atomic E-state index is -0.213. The fourth-order valence-corrected chi connectivity index (χ4v) is 2.70. The highest BCUT2D eigenvalue weighted by Crippen LogP contribution is 2.44. The molecule has 0 radical (unpaired) electrons. The SMILES string of the molecule is N#Cc1cccc(NC(=O)NC2C3CCOCC32)c1. The molecule has 3 atom stereocenters. The van der Waals surface area contributed by atoms with Crippen molar-refractivity contribution in [2.24, 2.45) is 11.8 Å². The van der Waals surface area contributed by atoms with Crippen molar-refractivity contribution in [2.75, 3.05) is 18.5 Å². The van der Waals surface area contributed by atoms with Crippen molar-refractivity contribution in [1.29, 1.82) is 5.26 Å². The van der Waals surface area contributed by atoms with E-state index in [0.29, 0.717) is 23.1 Å². The van der Waals surface area contributed by atoms with Gasteiger partial charge in [-0.15, -0.1) is 0 Å². The summed E-state index contributed by atoms with van der Waals surface area (Å²) >= 11 is 0. The molecule has 2 amide bonds. The predicted octanol–water partition coefficient (Wildman–Crippen LogP) is 1.71. The van der Waals surface area contributed by atoms with Crippen LogP contribution in [0.15, 0.2) is 24.3 Å². The molecular formula is C14H15N3O2. The molecule has 98 valence electrons. The Morgan fingerprint density at radius 2 is 2.32 bits per heavy atom. The molecule has 5 nitrogen and oxygen atoms in total. The Labute approximate surface area is 111 Å². The van der Waals surface area contributed by atoms with E-state index in [1.54, 1.807) is 24.3 Å². The molecule has 2 fully saturated rings. The van der Waals surface area contributed by atoms with Crippen LogP contribution in [-0.4, -0.2) is 25.3 Å². The molecule has 1 aliphatic heterocycles. The summed E-state index contributed by atoms with van der Waals surface area (Å²) in [4.78, 5) is 11.9. The third-order valence-electron chi connectivity index (χ3n) is 3.78. The van der Waals surface area contributed by atoms with Crippen LogP contribution in [0.1, 0.15) is 12.0 Å². The molecule has 1 aromatic carbocycles. The lowest BCUT2D eigenvalue weighted by Crippen LogP contribution is -2.32. The maximum Gasteiger partial charge on any atom is 0.319 e. The zero-order valence-corrected chi connectivity index (χ0v) is 10.4. The van der Waals surface area contributed by atoms with E-state index in [1.165, 1.54) is 0 Å². The van der Waals surface area contributed by atoms with Gasteiger partial charge in [0.1, 0.15) is 0 Å². The maximum absolute atomic E-state index is 11.9. The predicted molar refractivity (Wildman–Crippen MR) is 69.5 cm³/mol. The van der Waals surface area contributed by atoms with Crippen molar-refractivity contribution >= 4 is 11.7 Å². The number of nitrogens with one attached hydrogen (secondary N) is 2. The molecule has 5 heteroatoms. The molecule has 1 saturated heterocycles. The first-order chi connectivity index (χ1) is 9.28. The van der Waals surface area contributed by atoms with Gasteiger partial charge in [0.15, 0.2) is 0 Å². The Hall–Kier alpha value is -2.06. The zero-order chi connectivity index (χ0) is 13.2. The van der Waals surface area contributed by atoms with Gasteiger partial charge in [-0.2, -0.15) is 5.26 Å². The maximum atomic E-state index is 11.9. The molecule has 3 unspecified atom stereocenters. The van der Waals surface area contributed by atoms with Crippen LogP contribution < -0.4 is 10.6 Å². The molecule has 3 rings (SSSR count). The van der Waals surface area contributed by atoms with Crippen LogP contribution in [0.3, 0.4) is 0 Å². The number of fused-ring (bicyclic) bond motifs is 1. The van der Waals surface area contributed by atoms with E-state index in [-0.39, 0.29) is 12.1 Å². The van der Waals surface area contributed by atoms with Gasteiger partial charge in [-0.25, -0.2) is 4.79 Å². The second kappa shape index (κ2) is 4.90. The standard InChI is InChI=1S/C14H15N3O2/c15-7-9-2-1-3-10(6-9)16-14(18)17-13-11-4-5-19-8-12(11)13/h1-3,6,11-13H,4-5,8H2,(H2,16,17,18). The van der Waals surface area contributed by atoms with Crippen LogP contribution in [0.5, 0.6) is 0 Å². The molecule has 2 aliphatic rings. The van der Waals surface area contributed by atoms with Crippen molar-refractivity contribution in [2.45, 2.75) is 12.5 Å². The minimum Gasteiger partial charge on any atom is -0.381 e. The largest absolute Gasteiger partial charge is 0.381 e. The number of carbonyl (C=O) groups is 1. The number of nitriles is 1. The van der Waals surface area contributed by atoms with Crippen molar-refractivity contribution < 1.29 is 9.53 Å². The molecule has 19 heavy (non-hydrogen) atoms. The Morgan fingerprint density at radius 1 is 1.42 bits per heavy atom. The summed E-state index contributed by atoms with van der Waals surface area (Å²) in [7, 11) is 0. The number of carbonyl (C=O) groups excluding carboxylic acids is 1. The molecular weight excluding hydrogens is 242 g/mol. The van der Waals surface area contributed by atoms with Crippen molar-refractivity contribution in [3.63, 3.8) is 0 Å². The number of anilines is 1. The normalized spacial score (nSPS) is 27.8. The lowest BCUT2D eigenvalue weighted by molar-refractivity contribution is 0.0887. The van der Waals surface area contributed by atoms with Crippen LogP contribution in [-0.2, 0) is 4.74 Å². The Bertz CT molecular complexity index is 526. The first-order valence-electron chi connectivity index (χ1n) is 6.43. The number of hydrogen-bond acceptors (Lipinski definition) is 3. The van der Waals surface area contributed by atoms with E-state index < -0.39 is 0 Å². The molecule has 1 saturated carbocycles. The molecule has 1 aromatic rings. The zero-order valence-electron chi connectivity index (χ0n) is 10.4. The van der Waals surface area contributed by atoms with E-state index >= 15 is 0 Å². The van der Waals surface area contributed by atoms with Crippen LogP contribution in [0, 0.1) is 23.2 Å². The summed E-state index contributed by atoms with van der Waals surface area (Å²) in [5, 5.41) is 14.5. The first-order valence-corrected chi connectivity index (χ1v) is 6.43. The van der Waals surface area contributed by atoms with E-state index in [2.05, 4.69) is 10.6 Å². The van der Waals surface area contributed by atoms with E-state index in [9.17, 15) is 4.79 Å². The molecule has 1 aliphatic carbocycles. The number of amides is 2. The second-order valence-corrected chi connectivity index (χ2v) is 5.01. The number of urea groups is 1. The first kappa shape index (κ1) is 12.0. The van der Waals surface area contributed by atoms with Crippen molar-refractivity contribution in [3.05, 3.63) is 29.8 Å². The molecule has 0 aromatic heterocycles. The Kier molecular flexibility index (Phi) is 3.10.